The average Bonchev–Trinajstić information content (AvgIpc) is 2.48. The standard InChI is InChI=1S/C15H24O4/c1-6-7-10-15(18-4,19-5)13-9-8-12(16-2)11-14(13)17-3/h8-9,11H,6-7,10H2,1-5H3. The van der Waals surface area contributed by atoms with E-state index >= 15 is 0 Å². The molecule has 1 aromatic rings. The highest BCUT2D eigenvalue weighted by Gasteiger charge is 2.34. The zero-order valence-corrected chi connectivity index (χ0v) is 12.5. The molecule has 0 unspecified atom stereocenters. The van der Waals surface area contributed by atoms with Gasteiger partial charge in [-0.2, -0.15) is 0 Å². The largest absolute Gasteiger partial charge is 0.497 e. The van der Waals surface area contributed by atoms with E-state index in [2.05, 4.69) is 6.92 Å². The zero-order chi connectivity index (χ0) is 14.3. The van der Waals surface area contributed by atoms with Crippen LogP contribution in [0.2, 0.25) is 0 Å². The summed E-state index contributed by atoms with van der Waals surface area (Å²) in [6, 6.07) is 5.66. The van der Waals surface area contributed by atoms with Crippen molar-refractivity contribution < 1.29 is 18.9 Å². The van der Waals surface area contributed by atoms with Gasteiger partial charge < -0.3 is 18.9 Å². The molecule has 0 atom stereocenters. The summed E-state index contributed by atoms with van der Waals surface area (Å²) in [5.41, 5.74) is 0.884. The van der Waals surface area contributed by atoms with E-state index in [1.807, 2.05) is 18.2 Å². The average molecular weight is 268 g/mol. The fourth-order valence-electron chi connectivity index (χ4n) is 2.16. The molecule has 0 aliphatic heterocycles. The van der Waals surface area contributed by atoms with E-state index in [1.54, 1.807) is 28.4 Å². The smallest absolute Gasteiger partial charge is 0.197 e. The van der Waals surface area contributed by atoms with Gasteiger partial charge in [0.1, 0.15) is 11.5 Å². The number of rotatable bonds is 8. The SMILES string of the molecule is CCCCC(OC)(OC)c1ccc(OC)cc1OC. The second kappa shape index (κ2) is 7.36. The van der Waals surface area contributed by atoms with E-state index in [0.29, 0.717) is 5.75 Å². The third kappa shape index (κ3) is 3.39. The van der Waals surface area contributed by atoms with Crippen LogP contribution in [0.3, 0.4) is 0 Å². The van der Waals surface area contributed by atoms with Crippen molar-refractivity contribution in [1.82, 2.24) is 0 Å². The first kappa shape index (κ1) is 15.8. The van der Waals surface area contributed by atoms with Gasteiger partial charge in [0, 0.05) is 26.7 Å². The van der Waals surface area contributed by atoms with Crippen LogP contribution in [-0.2, 0) is 15.3 Å². The lowest BCUT2D eigenvalue weighted by atomic mass is 9.98. The van der Waals surface area contributed by atoms with Gasteiger partial charge in [0.15, 0.2) is 5.79 Å². The molecule has 0 fully saturated rings. The Morgan fingerprint density at radius 1 is 1.00 bits per heavy atom. The Labute approximate surface area is 115 Å². The maximum Gasteiger partial charge on any atom is 0.197 e. The monoisotopic (exact) mass is 268 g/mol. The molecule has 1 aromatic carbocycles. The van der Waals surface area contributed by atoms with E-state index < -0.39 is 5.79 Å². The topological polar surface area (TPSA) is 36.9 Å². The van der Waals surface area contributed by atoms with E-state index in [1.165, 1.54) is 0 Å². The van der Waals surface area contributed by atoms with Gasteiger partial charge in [-0.05, 0) is 18.6 Å². The lowest BCUT2D eigenvalue weighted by Gasteiger charge is -2.32. The lowest BCUT2D eigenvalue weighted by molar-refractivity contribution is -0.221. The number of methoxy groups -OCH3 is 4. The number of hydrogen-bond acceptors (Lipinski definition) is 4. The molecule has 0 spiro atoms. The van der Waals surface area contributed by atoms with E-state index in [4.69, 9.17) is 18.9 Å². The van der Waals surface area contributed by atoms with Gasteiger partial charge in [-0.15, -0.1) is 0 Å². The lowest BCUT2D eigenvalue weighted by Crippen LogP contribution is -2.31. The summed E-state index contributed by atoms with van der Waals surface area (Å²) in [6.45, 7) is 2.14. The van der Waals surface area contributed by atoms with Crippen LogP contribution in [-0.4, -0.2) is 28.4 Å². The van der Waals surface area contributed by atoms with Crippen LogP contribution >= 0.6 is 0 Å². The molecule has 0 aromatic heterocycles. The van der Waals surface area contributed by atoms with E-state index in [-0.39, 0.29) is 0 Å². The first-order chi connectivity index (χ1) is 9.17. The van der Waals surface area contributed by atoms with Crippen LogP contribution in [0.15, 0.2) is 18.2 Å². The number of benzene rings is 1. The molecule has 4 heteroatoms. The molecule has 0 N–H and O–H groups in total. The van der Waals surface area contributed by atoms with Gasteiger partial charge in [-0.1, -0.05) is 13.3 Å². The summed E-state index contributed by atoms with van der Waals surface area (Å²) in [4.78, 5) is 0. The van der Waals surface area contributed by atoms with E-state index in [0.717, 1.165) is 30.6 Å². The molecule has 0 heterocycles. The summed E-state index contributed by atoms with van der Waals surface area (Å²) >= 11 is 0. The van der Waals surface area contributed by atoms with Gasteiger partial charge >= 0.3 is 0 Å². The molecule has 0 saturated heterocycles. The van der Waals surface area contributed by atoms with Crippen LogP contribution in [0.5, 0.6) is 11.5 Å². The molecule has 0 saturated carbocycles. The van der Waals surface area contributed by atoms with Crippen LogP contribution in [0.25, 0.3) is 0 Å². The molecule has 108 valence electrons. The minimum Gasteiger partial charge on any atom is -0.497 e. The summed E-state index contributed by atoms with van der Waals surface area (Å²) in [6.07, 6.45) is 2.86. The van der Waals surface area contributed by atoms with Crippen molar-refractivity contribution in [2.24, 2.45) is 0 Å². The van der Waals surface area contributed by atoms with E-state index in [9.17, 15) is 0 Å². The third-order valence-electron chi connectivity index (χ3n) is 3.34. The summed E-state index contributed by atoms with van der Waals surface area (Å²) < 4.78 is 21.9. The van der Waals surface area contributed by atoms with Crippen molar-refractivity contribution >= 4 is 0 Å². The maximum absolute atomic E-state index is 5.65. The normalized spacial score (nSPS) is 11.4. The highest BCUT2D eigenvalue weighted by atomic mass is 16.7. The first-order valence-corrected chi connectivity index (χ1v) is 6.50. The predicted molar refractivity (Wildman–Crippen MR) is 74.8 cm³/mol. The van der Waals surface area contributed by atoms with Crippen LogP contribution in [0.4, 0.5) is 0 Å². The highest BCUT2D eigenvalue weighted by molar-refractivity contribution is 5.43. The van der Waals surface area contributed by atoms with Crippen molar-refractivity contribution in [2.45, 2.75) is 32.0 Å². The first-order valence-electron chi connectivity index (χ1n) is 6.50. The quantitative estimate of drug-likeness (QED) is 0.678. The molecule has 19 heavy (non-hydrogen) atoms. The van der Waals surface area contributed by atoms with Gasteiger partial charge in [0.25, 0.3) is 0 Å². The third-order valence-corrected chi connectivity index (χ3v) is 3.34. The molecule has 1 rings (SSSR count). The van der Waals surface area contributed by atoms with Crippen molar-refractivity contribution in [2.75, 3.05) is 28.4 Å². The minimum atomic E-state index is -0.770. The number of ether oxygens (including phenoxy) is 4. The fourth-order valence-corrected chi connectivity index (χ4v) is 2.16. The Bertz CT molecular complexity index is 386. The highest BCUT2D eigenvalue weighted by Crippen LogP contribution is 2.39. The van der Waals surface area contributed by atoms with Crippen molar-refractivity contribution in [3.05, 3.63) is 23.8 Å². The minimum absolute atomic E-state index is 0.708. The fraction of sp³-hybridized carbons (Fsp3) is 0.600. The number of hydrogen-bond donors (Lipinski definition) is 0. The summed E-state index contributed by atoms with van der Waals surface area (Å²) in [5, 5.41) is 0. The molecule has 0 radical (unpaired) electrons. The van der Waals surface area contributed by atoms with Gasteiger partial charge in [0.05, 0.1) is 19.8 Å². The second-order valence-corrected chi connectivity index (χ2v) is 4.33. The van der Waals surface area contributed by atoms with Crippen molar-refractivity contribution in [3.63, 3.8) is 0 Å². The Morgan fingerprint density at radius 2 is 1.68 bits per heavy atom. The van der Waals surface area contributed by atoms with Crippen LogP contribution in [0, 0.1) is 0 Å². The molecule has 0 aliphatic rings. The van der Waals surface area contributed by atoms with Gasteiger partial charge in [0.2, 0.25) is 0 Å². The molecule has 0 amide bonds. The molecule has 0 bridgehead atoms. The molecular formula is C15H24O4. The zero-order valence-electron chi connectivity index (χ0n) is 12.5. The van der Waals surface area contributed by atoms with Crippen LogP contribution < -0.4 is 9.47 Å². The maximum atomic E-state index is 5.65. The Balaban J connectivity index is 3.21. The Morgan fingerprint density at radius 3 is 2.16 bits per heavy atom. The van der Waals surface area contributed by atoms with Gasteiger partial charge in [-0.25, -0.2) is 0 Å². The second-order valence-electron chi connectivity index (χ2n) is 4.33. The molecule has 4 nitrogen and oxygen atoms in total. The van der Waals surface area contributed by atoms with Crippen molar-refractivity contribution in [3.8, 4) is 11.5 Å². The Hall–Kier alpha value is -1.26. The molecule has 0 aliphatic carbocycles. The van der Waals surface area contributed by atoms with Crippen molar-refractivity contribution in [1.29, 1.82) is 0 Å². The predicted octanol–water partition coefficient (Wildman–Crippen LogP) is 3.34. The van der Waals surface area contributed by atoms with Gasteiger partial charge in [-0.3, -0.25) is 0 Å². The summed E-state index contributed by atoms with van der Waals surface area (Å²) in [5.74, 6) is 0.685. The number of unbranched alkanes of at least 4 members (excludes halogenated alkanes) is 1. The Kier molecular flexibility index (Phi) is 6.12. The summed E-state index contributed by atoms with van der Waals surface area (Å²) in [7, 11) is 6.57. The van der Waals surface area contributed by atoms with Crippen LogP contribution in [0.1, 0.15) is 31.7 Å². The molecular weight excluding hydrogens is 244 g/mol.